The molecule has 0 amide bonds. The van der Waals surface area contributed by atoms with E-state index in [9.17, 15) is 4.39 Å². The van der Waals surface area contributed by atoms with Crippen molar-refractivity contribution in [3.63, 3.8) is 0 Å². The van der Waals surface area contributed by atoms with E-state index >= 15 is 0 Å². The van der Waals surface area contributed by atoms with Crippen LogP contribution in [0, 0.1) is 11.3 Å². The van der Waals surface area contributed by atoms with Crippen molar-refractivity contribution in [2.45, 2.75) is 19.2 Å². The zero-order valence-corrected chi connectivity index (χ0v) is 11.5. The van der Waals surface area contributed by atoms with Crippen LogP contribution in [-0.2, 0) is 11.2 Å². The number of alkyl halides is 1. The monoisotopic (exact) mass is 280 g/mol. The molecule has 0 saturated carbocycles. The zero-order chi connectivity index (χ0) is 14.9. The van der Waals surface area contributed by atoms with Gasteiger partial charge in [-0.1, -0.05) is 18.2 Å². The van der Waals surface area contributed by atoms with E-state index < -0.39 is 5.85 Å². The summed E-state index contributed by atoms with van der Waals surface area (Å²) in [5, 5.41) is 8.96. The second-order valence-corrected chi connectivity index (χ2v) is 5.12. The first-order valence-electron chi connectivity index (χ1n) is 6.62. The van der Waals surface area contributed by atoms with Gasteiger partial charge >= 0.3 is 0 Å². The Kier molecular flexibility index (Phi) is 3.19. The summed E-state index contributed by atoms with van der Waals surface area (Å²) >= 11 is 0. The van der Waals surface area contributed by atoms with E-state index in [4.69, 9.17) is 10.00 Å². The van der Waals surface area contributed by atoms with Crippen molar-refractivity contribution in [2.75, 3.05) is 0 Å². The lowest BCUT2D eigenvalue weighted by molar-refractivity contribution is -0.0528. The number of nitriles is 1. The van der Waals surface area contributed by atoms with Crippen molar-refractivity contribution in [3.8, 4) is 6.07 Å². The quantitative estimate of drug-likeness (QED) is 0.795. The van der Waals surface area contributed by atoms with Gasteiger partial charge in [0, 0.05) is 18.9 Å². The van der Waals surface area contributed by atoms with E-state index in [1.165, 1.54) is 6.92 Å². The summed E-state index contributed by atoms with van der Waals surface area (Å²) in [5.74, 6) is -1.61. The number of benzene rings is 2. The molecule has 3 rings (SSSR count). The van der Waals surface area contributed by atoms with Crippen LogP contribution in [0.15, 0.2) is 53.5 Å². The molecule has 0 spiro atoms. The van der Waals surface area contributed by atoms with Crippen LogP contribution >= 0.6 is 0 Å². The lowest BCUT2D eigenvalue weighted by atomic mass is 10.0. The number of hydrogen-bond acceptors (Lipinski definition) is 3. The van der Waals surface area contributed by atoms with Crippen LogP contribution in [0.1, 0.15) is 23.6 Å². The van der Waals surface area contributed by atoms with E-state index in [2.05, 4.69) is 11.1 Å². The van der Waals surface area contributed by atoms with Gasteiger partial charge in [-0.3, -0.25) is 0 Å². The standard InChI is InChI=1S/C17H13FN2O/c1-17(18)10-14-9-12(11-19)7-8-15(14)20-16(21-17)13-5-3-2-4-6-13/h2-9H,10H2,1H3/t17-/m1/s1. The molecule has 2 aromatic rings. The summed E-state index contributed by atoms with van der Waals surface area (Å²) in [4.78, 5) is 4.43. The van der Waals surface area contributed by atoms with Gasteiger partial charge in [0.15, 0.2) is 0 Å². The van der Waals surface area contributed by atoms with Gasteiger partial charge in [0.1, 0.15) is 0 Å². The van der Waals surface area contributed by atoms with Gasteiger partial charge in [-0.25, -0.2) is 4.99 Å². The predicted octanol–water partition coefficient (Wildman–Crippen LogP) is 3.89. The average Bonchev–Trinajstić information content (AvgIpc) is 2.61. The summed E-state index contributed by atoms with van der Waals surface area (Å²) < 4.78 is 20.0. The molecule has 0 bridgehead atoms. The van der Waals surface area contributed by atoms with Gasteiger partial charge in [0.05, 0.1) is 17.3 Å². The summed E-state index contributed by atoms with van der Waals surface area (Å²) in [6.45, 7) is 1.37. The Labute approximate surface area is 122 Å². The molecule has 0 fully saturated rings. The van der Waals surface area contributed by atoms with Crippen LogP contribution < -0.4 is 0 Å². The fourth-order valence-corrected chi connectivity index (χ4v) is 2.32. The molecule has 0 aromatic heterocycles. The highest BCUT2D eigenvalue weighted by Gasteiger charge is 2.31. The smallest absolute Gasteiger partial charge is 0.251 e. The molecule has 0 N–H and O–H groups in total. The van der Waals surface area contributed by atoms with Crippen molar-refractivity contribution in [2.24, 2.45) is 4.99 Å². The molecule has 1 aliphatic rings. The third-order valence-corrected chi connectivity index (χ3v) is 3.27. The molecular weight excluding hydrogens is 267 g/mol. The lowest BCUT2D eigenvalue weighted by Crippen LogP contribution is -2.28. The minimum atomic E-state index is -1.87. The molecule has 1 atom stereocenters. The van der Waals surface area contributed by atoms with E-state index in [0.717, 1.165) is 5.56 Å². The second kappa shape index (κ2) is 5.02. The number of fused-ring (bicyclic) bond motifs is 1. The van der Waals surface area contributed by atoms with E-state index in [-0.39, 0.29) is 12.3 Å². The molecule has 21 heavy (non-hydrogen) atoms. The maximum atomic E-state index is 14.6. The first-order chi connectivity index (χ1) is 10.1. The number of ether oxygens (including phenoxy) is 1. The number of rotatable bonds is 1. The largest absolute Gasteiger partial charge is 0.440 e. The maximum absolute atomic E-state index is 14.6. The van der Waals surface area contributed by atoms with Crippen LogP contribution in [0.5, 0.6) is 0 Å². The number of nitrogens with zero attached hydrogens (tertiary/aromatic N) is 2. The van der Waals surface area contributed by atoms with Gasteiger partial charge in [0.25, 0.3) is 5.85 Å². The van der Waals surface area contributed by atoms with Crippen LogP contribution in [-0.4, -0.2) is 11.8 Å². The molecule has 2 aromatic carbocycles. The number of hydrogen-bond donors (Lipinski definition) is 0. The predicted molar refractivity (Wildman–Crippen MR) is 78.1 cm³/mol. The number of aliphatic imine (C=N–C) groups is 1. The van der Waals surface area contributed by atoms with Gasteiger partial charge in [0.2, 0.25) is 5.90 Å². The third-order valence-electron chi connectivity index (χ3n) is 3.27. The van der Waals surface area contributed by atoms with Crippen molar-refractivity contribution in [3.05, 3.63) is 65.2 Å². The minimum absolute atomic E-state index is 0.0533. The van der Waals surface area contributed by atoms with E-state index in [1.54, 1.807) is 18.2 Å². The Hall–Kier alpha value is -2.67. The van der Waals surface area contributed by atoms with Crippen LogP contribution in [0.3, 0.4) is 0 Å². The molecule has 0 saturated heterocycles. The SMILES string of the molecule is C[C@]1(F)Cc2cc(C#N)ccc2N=C(c2ccccc2)O1. The molecule has 0 unspecified atom stereocenters. The van der Waals surface area contributed by atoms with Gasteiger partial charge in [-0.2, -0.15) is 9.65 Å². The van der Waals surface area contributed by atoms with Crippen LogP contribution in [0.4, 0.5) is 10.1 Å². The summed E-state index contributed by atoms with van der Waals surface area (Å²) in [5.41, 5.74) is 2.51. The normalized spacial score (nSPS) is 20.5. The molecule has 1 heterocycles. The van der Waals surface area contributed by atoms with Crippen LogP contribution in [0.25, 0.3) is 0 Å². The summed E-state index contributed by atoms with van der Waals surface area (Å²) in [6, 6.07) is 16.3. The molecule has 4 heteroatoms. The highest BCUT2D eigenvalue weighted by atomic mass is 19.2. The Morgan fingerprint density at radius 2 is 2.00 bits per heavy atom. The second-order valence-electron chi connectivity index (χ2n) is 5.12. The highest BCUT2D eigenvalue weighted by Crippen LogP contribution is 2.32. The van der Waals surface area contributed by atoms with Crippen molar-refractivity contribution < 1.29 is 9.13 Å². The maximum Gasteiger partial charge on any atom is 0.251 e. The lowest BCUT2D eigenvalue weighted by Gasteiger charge is -2.20. The topological polar surface area (TPSA) is 45.4 Å². The fraction of sp³-hybridized carbons (Fsp3) is 0.176. The molecule has 104 valence electrons. The number of halogens is 1. The molecule has 0 aliphatic carbocycles. The van der Waals surface area contributed by atoms with Crippen molar-refractivity contribution in [1.82, 2.24) is 0 Å². The first kappa shape index (κ1) is 13.3. The van der Waals surface area contributed by atoms with E-state index in [0.29, 0.717) is 16.8 Å². The molecule has 1 aliphatic heterocycles. The Morgan fingerprint density at radius 1 is 1.24 bits per heavy atom. The summed E-state index contributed by atoms with van der Waals surface area (Å²) in [7, 11) is 0. The third kappa shape index (κ3) is 2.77. The molecule has 3 nitrogen and oxygen atoms in total. The molecular formula is C17H13FN2O. The Bertz CT molecular complexity index is 745. The van der Waals surface area contributed by atoms with Crippen molar-refractivity contribution >= 4 is 11.6 Å². The highest BCUT2D eigenvalue weighted by molar-refractivity contribution is 5.96. The average molecular weight is 280 g/mol. The Balaban J connectivity index is 2.13. The molecule has 0 radical (unpaired) electrons. The first-order valence-corrected chi connectivity index (χ1v) is 6.62. The van der Waals surface area contributed by atoms with Gasteiger partial charge in [-0.05, 0) is 35.9 Å². The zero-order valence-electron chi connectivity index (χ0n) is 11.5. The van der Waals surface area contributed by atoms with Crippen molar-refractivity contribution in [1.29, 1.82) is 5.26 Å². The Morgan fingerprint density at radius 3 is 2.71 bits per heavy atom. The summed E-state index contributed by atoms with van der Waals surface area (Å²) in [6.07, 6.45) is 0.0533. The minimum Gasteiger partial charge on any atom is -0.440 e. The fourth-order valence-electron chi connectivity index (χ4n) is 2.32. The van der Waals surface area contributed by atoms with Gasteiger partial charge in [-0.15, -0.1) is 0 Å². The van der Waals surface area contributed by atoms with E-state index in [1.807, 2.05) is 30.3 Å². The van der Waals surface area contributed by atoms with Gasteiger partial charge < -0.3 is 4.74 Å². The van der Waals surface area contributed by atoms with Crippen LogP contribution in [0.2, 0.25) is 0 Å².